The van der Waals surface area contributed by atoms with E-state index in [1.165, 1.54) is 4.57 Å². The number of allylic oxidation sites excluding steroid dienone is 1. The lowest BCUT2D eigenvalue weighted by molar-refractivity contribution is -0.0593. The summed E-state index contributed by atoms with van der Waals surface area (Å²) in [5.41, 5.74) is 6.04. The molecule has 1 saturated heterocycles. The van der Waals surface area contributed by atoms with Gasteiger partial charge in [-0.05, 0) is 24.6 Å². The fraction of sp³-hybridized carbons (Fsp3) is 0.238. The monoisotopic (exact) mass is 456 g/mol. The van der Waals surface area contributed by atoms with Gasteiger partial charge in [-0.15, -0.1) is 0 Å². The first-order chi connectivity index (χ1) is 15.3. The highest BCUT2D eigenvalue weighted by atomic mass is 32.1. The van der Waals surface area contributed by atoms with E-state index in [-0.39, 0.29) is 22.9 Å². The van der Waals surface area contributed by atoms with Crippen molar-refractivity contribution in [3.05, 3.63) is 80.4 Å². The van der Waals surface area contributed by atoms with Gasteiger partial charge in [-0.2, -0.15) is 4.98 Å². The van der Waals surface area contributed by atoms with Crippen LogP contribution in [0, 0.1) is 0 Å². The molecule has 0 radical (unpaired) electrons. The van der Waals surface area contributed by atoms with Crippen LogP contribution in [-0.4, -0.2) is 39.3 Å². The summed E-state index contributed by atoms with van der Waals surface area (Å²) in [6, 6.07) is 8.50. The topological polar surface area (TPSA) is 139 Å². The molecular formula is C21H20N4O6S. The molecule has 166 valence electrons. The van der Waals surface area contributed by atoms with E-state index in [0.29, 0.717) is 28.2 Å². The number of anilines is 1. The lowest BCUT2D eigenvalue weighted by atomic mass is 10.1. The molecule has 4 rings (SSSR count). The molecule has 2 aromatic heterocycles. The number of thiazole rings is 1. The molecule has 0 bridgehead atoms. The Bertz CT molecular complexity index is 1330. The molecule has 1 aliphatic rings. The molecule has 11 heteroatoms. The van der Waals surface area contributed by atoms with Gasteiger partial charge in [0.1, 0.15) is 17.4 Å². The van der Waals surface area contributed by atoms with Crippen molar-refractivity contribution in [2.24, 2.45) is 0 Å². The van der Waals surface area contributed by atoms with E-state index >= 15 is 0 Å². The number of nitrogens with zero attached hydrogens (tertiary/aromatic N) is 2. The Hall–Kier alpha value is -3.70. The van der Waals surface area contributed by atoms with Crippen molar-refractivity contribution in [1.29, 1.82) is 0 Å². The van der Waals surface area contributed by atoms with Crippen molar-refractivity contribution in [2.75, 3.05) is 12.3 Å². The number of benzene rings is 1. The van der Waals surface area contributed by atoms with Crippen molar-refractivity contribution < 1.29 is 19.0 Å². The molecule has 1 aromatic carbocycles. The first kappa shape index (κ1) is 21.5. The number of rotatable bonds is 6. The van der Waals surface area contributed by atoms with Crippen LogP contribution in [0.3, 0.4) is 0 Å². The SMILES string of the molecule is C=C(C)O[C@@H]1C(=C)[C@@H](COC(=O)c2ccccc2)O[C@H]1n1c(=O)sc2c(=O)[nH]c(N)nc21. The molecule has 3 heterocycles. The molecule has 3 N–H and O–H groups in total. The Morgan fingerprint density at radius 2 is 2.06 bits per heavy atom. The van der Waals surface area contributed by atoms with Crippen LogP contribution < -0.4 is 16.2 Å². The number of aromatic amines is 1. The minimum atomic E-state index is -1.02. The summed E-state index contributed by atoms with van der Waals surface area (Å²) in [6.45, 7) is 9.25. The zero-order valence-corrected chi connectivity index (χ0v) is 17.9. The second-order valence-electron chi connectivity index (χ2n) is 7.14. The van der Waals surface area contributed by atoms with Crippen molar-refractivity contribution in [2.45, 2.75) is 25.4 Å². The molecule has 3 atom stereocenters. The molecule has 3 aromatic rings. The van der Waals surface area contributed by atoms with Crippen LogP contribution in [0.1, 0.15) is 23.5 Å². The third-order valence-corrected chi connectivity index (χ3v) is 5.73. The first-order valence-electron chi connectivity index (χ1n) is 9.55. The number of ether oxygens (including phenoxy) is 3. The van der Waals surface area contributed by atoms with Crippen LogP contribution in [0.5, 0.6) is 0 Å². The molecule has 32 heavy (non-hydrogen) atoms. The number of carbonyl (C=O) groups is 1. The Kier molecular flexibility index (Phi) is 5.68. The largest absolute Gasteiger partial charge is 0.486 e. The lowest BCUT2D eigenvalue weighted by Gasteiger charge is -2.21. The summed E-state index contributed by atoms with van der Waals surface area (Å²) in [5.74, 6) is -0.303. The van der Waals surface area contributed by atoms with Gasteiger partial charge in [0.2, 0.25) is 5.95 Å². The average Bonchev–Trinajstić information content (AvgIpc) is 3.23. The number of nitrogen functional groups attached to an aromatic ring is 1. The first-order valence-corrected chi connectivity index (χ1v) is 10.4. The fourth-order valence-corrected chi connectivity index (χ4v) is 4.21. The van der Waals surface area contributed by atoms with Gasteiger partial charge in [0.25, 0.3) is 5.56 Å². The molecular weight excluding hydrogens is 436 g/mol. The number of carbonyl (C=O) groups excluding carboxylic acids is 1. The zero-order chi connectivity index (χ0) is 23.0. The Balaban J connectivity index is 1.65. The summed E-state index contributed by atoms with van der Waals surface area (Å²) in [4.78, 5) is 43.3. The van der Waals surface area contributed by atoms with Crippen molar-refractivity contribution in [1.82, 2.24) is 14.5 Å². The molecule has 0 unspecified atom stereocenters. The second kappa shape index (κ2) is 8.44. The number of aromatic nitrogens is 3. The number of hydrogen-bond donors (Lipinski definition) is 2. The van der Waals surface area contributed by atoms with Crippen molar-refractivity contribution in [3.63, 3.8) is 0 Å². The number of hydrogen-bond acceptors (Lipinski definition) is 9. The van der Waals surface area contributed by atoms with Crippen molar-refractivity contribution in [3.8, 4) is 0 Å². The van der Waals surface area contributed by atoms with Crippen LogP contribution >= 0.6 is 11.3 Å². The highest BCUT2D eigenvalue weighted by Gasteiger charge is 2.44. The Morgan fingerprint density at radius 1 is 1.34 bits per heavy atom. The molecule has 0 aliphatic carbocycles. The van der Waals surface area contributed by atoms with Crippen LogP contribution in [0.25, 0.3) is 10.3 Å². The summed E-state index contributed by atoms with van der Waals surface area (Å²) < 4.78 is 18.5. The minimum Gasteiger partial charge on any atom is -0.486 e. The van der Waals surface area contributed by atoms with Gasteiger partial charge in [-0.1, -0.05) is 42.7 Å². The minimum absolute atomic E-state index is 0.0660. The maximum absolute atomic E-state index is 12.8. The zero-order valence-electron chi connectivity index (χ0n) is 17.1. The molecule has 0 spiro atoms. The number of nitrogens with one attached hydrogen (secondary N) is 1. The fourth-order valence-electron chi connectivity index (χ4n) is 3.37. The highest BCUT2D eigenvalue weighted by molar-refractivity contribution is 7.16. The van der Waals surface area contributed by atoms with E-state index in [4.69, 9.17) is 19.9 Å². The smallest absolute Gasteiger partial charge is 0.338 e. The van der Waals surface area contributed by atoms with E-state index in [1.807, 2.05) is 0 Å². The average molecular weight is 456 g/mol. The van der Waals surface area contributed by atoms with Gasteiger partial charge in [-0.3, -0.25) is 19.1 Å². The quantitative estimate of drug-likeness (QED) is 0.326. The maximum Gasteiger partial charge on any atom is 0.338 e. The molecule has 1 aliphatic heterocycles. The summed E-state index contributed by atoms with van der Waals surface area (Å²) in [5, 5.41) is 0. The van der Waals surface area contributed by atoms with Crippen LogP contribution in [-0.2, 0) is 14.2 Å². The Labute approximate surface area is 185 Å². The predicted molar refractivity (Wildman–Crippen MR) is 118 cm³/mol. The van der Waals surface area contributed by atoms with E-state index in [9.17, 15) is 14.4 Å². The van der Waals surface area contributed by atoms with Gasteiger partial charge in [-0.25, -0.2) is 4.79 Å². The summed E-state index contributed by atoms with van der Waals surface area (Å²) in [6.07, 6.45) is -2.61. The van der Waals surface area contributed by atoms with Gasteiger partial charge in [0.05, 0.1) is 11.3 Å². The van der Waals surface area contributed by atoms with E-state index < -0.39 is 34.8 Å². The lowest BCUT2D eigenvalue weighted by Crippen LogP contribution is -2.29. The number of esters is 1. The molecule has 0 saturated carbocycles. The van der Waals surface area contributed by atoms with Gasteiger partial charge >= 0.3 is 10.8 Å². The standard InChI is InChI=1S/C21H20N4O6S/c1-10(2)30-14-11(3)13(9-29-19(27)12-7-5-4-6-8-12)31-18(14)25-16-15(32-21(25)28)17(26)24-20(22)23-16/h4-8,13-14,18H,1,3,9H2,2H3,(H3,22,23,24,26)/t13-,14-,18-/m1/s1. The van der Waals surface area contributed by atoms with Crippen LogP contribution in [0.15, 0.2) is 64.4 Å². The van der Waals surface area contributed by atoms with Gasteiger partial charge in [0, 0.05) is 0 Å². The van der Waals surface area contributed by atoms with E-state index in [1.54, 1.807) is 37.3 Å². The molecule has 10 nitrogen and oxygen atoms in total. The van der Waals surface area contributed by atoms with Crippen LogP contribution in [0.4, 0.5) is 5.95 Å². The van der Waals surface area contributed by atoms with Gasteiger partial charge in [0.15, 0.2) is 18.0 Å². The summed E-state index contributed by atoms with van der Waals surface area (Å²) in [7, 11) is 0. The summed E-state index contributed by atoms with van der Waals surface area (Å²) >= 11 is 0.712. The molecule has 1 fully saturated rings. The normalized spacial score (nSPS) is 20.4. The van der Waals surface area contributed by atoms with Gasteiger partial charge < -0.3 is 19.9 Å². The molecule has 0 amide bonds. The highest BCUT2D eigenvalue weighted by Crippen LogP contribution is 2.37. The third-order valence-electron chi connectivity index (χ3n) is 4.79. The second-order valence-corrected chi connectivity index (χ2v) is 8.10. The van der Waals surface area contributed by atoms with Crippen molar-refractivity contribution >= 4 is 33.6 Å². The van der Waals surface area contributed by atoms with E-state index in [0.717, 1.165) is 0 Å². The number of H-pyrrole nitrogens is 1. The number of fused-ring (bicyclic) bond motifs is 1. The van der Waals surface area contributed by atoms with Crippen LogP contribution in [0.2, 0.25) is 0 Å². The number of nitrogens with two attached hydrogens (primary N) is 1. The Morgan fingerprint density at radius 3 is 2.75 bits per heavy atom. The third kappa shape index (κ3) is 3.95. The predicted octanol–water partition coefficient (Wildman–Crippen LogP) is 1.96. The maximum atomic E-state index is 12.8. The van der Waals surface area contributed by atoms with E-state index in [2.05, 4.69) is 23.1 Å².